The normalized spacial score (nSPS) is 28.7. The molecule has 4 atom stereocenters. The molecule has 3 nitrogen and oxygen atoms in total. The van der Waals surface area contributed by atoms with Gasteiger partial charge in [-0.25, -0.2) is 0 Å². The van der Waals surface area contributed by atoms with Gasteiger partial charge in [0.25, 0.3) is 0 Å². The van der Waals surface area contributed by atoms with Crippen LogP contribution in [0.15, 0.2) is 42.5 Å². The van der Waals surface area contributed by atoms with Gasteiger partial charge < -0.3 is 9.84 Å². The van der Waals surface area contributed by atoms with Crippen LogP contribution in [0, 0.1) is 5.92 Å². The van der Waals surface area contributed by atoms with Crippen LogP contribution in [0.4, 0.5) is 0 Å². The Morgan fingerprint density at radius 3 is 2.50 bits per heavy atom. The van der Waals surface area contributed by atoms with Crippen LogP contribution in [0.1, 0.15) is 35.8 Å². The second kappa shape index (κ2) is 6.07. The highest BCUT2D eigenvalue weighted by atomic mass is 35.5. The first-order valence-electron chi connectivity index (χ1n) is 7.95. The maximum absolute atomic E-state index is 12.4. The summed E-state index contributed by atoms with van der Waals surface area (Å²) in [5, 5.41) is 11.5. The molecule has 1 fully saturated rings. The Balaban J connectivity index is 1.83. The number of aliphatic hydroxyl groups is 1. The van der Waals surface area contributed by atoms with Crippen LogP contribution in [0.25, 0.3) is 0 Å². The van der Waals surface area contributed by atoms with Gasteiger partial charge in [-0.1, -0.05) is 53.5 Å². The Morgan fingerprint density at radius 1 is 1.04 bits per heavy atom. The van der Waals surface area contributed by atoms with Gasteiger partial charge in [0.15, 0.2) is 0 Å². The lowest BCUT2D eigenvalue weighted by molar-refractivity contribution is -0.131. The summed E-state index contributed by atoms with van der Waals surface area (Å²) in [6, 6.07) is 13.2. The summed E-state index contributed by atoms with van der Waals surface area (Å²) < 4.78 is 5.73. The molecule has 0 aromatic heterocycles. The molecule has 0 amide bonds. The second-order valence-corrected chi connectivity index (χ2v) is 7.31. The predicted octanol–water partition coefficient (Wildman–Crippen LogP) is 4.55. The fourth-order valence-electron chi connectivity index (χ4n) is 4.06. The quantitative estimate of drug-likeness (QED) is 0.809. The average Bonchev–Trinajstić information content (AvgIpc) is 2.56. The molecule has 0 spiro atoms. The SMILES string of the molecule is O=C1C[C@H](c2ccccc2)[C@H]2[C@@H](O)Oc3c(Cl)cc(Cl)cc3[C@@H]2C1. The first-order valence-corrected chi connectivity index (χ1v) is 8.70. The molecule has 1 aliphatic heterocycles. The lowest BCUT2D eigenvalue weighted by atomic mass is 9.65. The van der Waals surface area contributed by atoms with Crippen molar-refractivity contribution in [3.05, 3.63) is 63.6 Å². The molecule has 2 aliphatic rings. The van der Waals surface area contributed by atoms with Crippen molar-refractivity contribution in [2.75, 3.05) is 0 Å². The number of hydrogen-bond acceptors (Lipinski definition) is 3. The fraction of sp³-hybridized carbons (Fsp3) is 0.316. The molecule has 0 unspecified atom stereocenters. The number of benzene rings is 2. The van der Waals surface area contributed by atoms with Gasteiger partial charge in [0.1, 0.15) is 11.5 Å². The van der Waals surface area contributed by atoms with Crippen molar-refractivity contribution in [2.24, 2.45) is 5.92 Å². The van der Waals surface area contributed by atoms with Crippen LogP contribution < -0.4 is 4.74 Å². The van der Waals surface area contributed by atoms with Crippen LogP contribution in [0.3, 0.4) is 0 Å². The smallest absolute Gasteiger partial charge is 0.201 e. The minimum absolute atomic E-state index is 0.0849. The largest absolute Gasteiger partial charge is 0.463 e. The van der Waals surface area contributed by atoms with Crippen LogP contribution in [-0.4, -0.2) is 17.2 Å². The first-order chi connectivity index (χ1) is 11.5. The lowest BCUT2D eigenvalue weighted by Crippen LogP contribution is -2.43. The molecule has 1 N–H and O–H groups in total. The van der Waals surface area contributed by atoms with E-state index in [1.165, 1.54) is 0 Å². The third-order valence-electron chi connectivity index (χ3n) is 5.06. The zero-order valence-electron chi connectivity index (χ0n) is 12.8. The monoisotopic (exact) mass is 362 g/mol. The number of carbonyl (C=O) groups is 1. The minimum Gasteiger partial charge on any atom is -0.463 e. The summed E-state index contributed by atoms with van der Waals surface area (Å²) in [4.78, 5) is 12.4. The van der Waals surface area contributed by atoms with Gasteiger partial charge in [0, 0.05) is 41.2 Å². The molecule has 0 saturated heterocycles. The van der Waals surface area contributed by atoms with Crippen LogP contribution >= 0.6 is 23.2 Å². The maximum atomic E-state index is 12.4. The van der Waals surface area contributed by atoms with E-state index >= 15 is 0 Å². The van der Waals surface area contributed by atoms with E-state index in [-0.39, 0.29) is 23.5 Å². The number of hydrogen-bond donors (Lipinski definition) is 1. The third kappa shape index (κ3) is 2.61. The number of rotatable bonds is 1. The van der Waals surface area contributed by atoms with Crippen molar-refractivity contribution < 1.29 is 14.6 Å². The van der Waals surface area contributed by atoms with Crippen LogP contribution in [0.2, 0.25) is 10.0 Å². The van der Waals surface area contributed by atoms with Gasteiger partial charge in [0.2, 0.25) is 6.29 Å². The first kappa shape index (κ1) is 15.9. The Labute approximate surface area is 150 Å². The highest BCUT2D eigenvalue weighted by Crippen LogP contribution is 2.53. The summed E-state index contributed by atoms with van der Waals surface area (Å²) >= 11 is 12.4. The zero-order valence-corrected chi connectivity index (χ0v) is 14.3. The summed E-state index contributed by atoms with van der Waals surface area (Å²) in [5.74, 6) is 0.189. The lowest BCUT2D eigenvalue weighted by Gasteiger charge is -2.44. The van der Waals surface area contributed by atoms with Gasteiger partial charge in [-0.3, -0.25) is 4.79 Å². The average molecular weight is 363 g/mol. The highest BCUT2D eigenvalue weighted by molar-refractivity contribution is 6.35. The molecule has 1 heterocycles. The summed E-state index contributed by atoms with van der Waals surface area (Å²) in [6.45, 7) is 0. The number of Topliss-reactive ketones (excluding diaryl/α,β-unsaturated/α-hetero) is 1. The fourth-order valence-corrected chi connectivity index (χ4v) is 4.61. The molecule has 24 heavy (non-hydrogen) atoms. The second-order valence-electron chi connectivity index (χ2n) is 6.46. The molecule has 1 saturated carbocycles. The van der Waals surface area contributed by atoms with Crippen molar-refractivity contribution in [1.29, 1.82) is 0 Å². The van der Waals surface area contributed by atoms with E-state index in [4.69, 9.17) is 27.9 Å². The standard InChI is InChI=1S/C19H16Cl2O3/c20-11-6-15-14-9-12(22)8-13(10-4-2-1-3-5-10)17(14)19(23)24-18(15)16(21)7-11/h1-7,13-14,17,19,23H,8-9H2/t13-,14+,17-,19+/m1/s1. The molecule has 5 heteroatoms. The highest BCUT2D eigenvalue weighted by Gasteiger charge is 2.47. The third-order valence-corrected chi connectivity index (χ3v) is 5.56. The summed E-state index contributed by atoms with van der Waals surface area (Å²) in [6.07, 6.45) is -0.215. The number of halogens is 2. The summed E-state index contributed by atoms with van der Waals surface area (Å²) in [5.41, 5.74) is 1.86. The summed E-state index contributed by atoms with van der Waals surface area (Å²) in [7, 11) is 0. The molecule has 4 rings (SSSR count). The van der Waals surface area contributed by atoms with Crippen LogP contribution in [-0.2, 0) is 4.79 Å². The Bertz CT molecular complexity index is 791. The molecule has 0 bridgehead atoms. The Hall–Kier alpha value is -1.55. The van der Waals surface area contributed by atoms with Gasteiger partial charge in [0.05, 0.1) is 5.02 Å². The minimum atomic E-state index is -1.00. The molecule has 2 aromatic carbocycles. The Morgan fingerprint density at radius 2 is 1.75 bits per heavy atom. The van der Waals surface area contributed by atoms with E-state index in [2.05, 4.69) is 0 Å². The van der Waals surface area contributed by atoms with Crippen molar-refractivity contribution in [3.63, 3.8) is 0 Å². The molecule has 1 aliphatic carbocycles. The van der Waals surface area contributed by atoms with E-state index in [0.717, 1.165) is 11.1 Å². The van der Waals surface area contributed by atoms with E-state index in [0.29, 0.717) is 28.6 Å². The van der Waals surface area contributed by atoms with Crippen LogP contribution in [0.5, 0.6) is 5.75 Å². The van der Waals surface area contributed by atoms with Crippen molar-refractivity contribution in [2.45, 2.75) is 31.0 Å². The maximum Gasteiger partial charge on any atom is 0.201 e. The number of fused-ring (bicyclic) bond motifs is 3. The molecular weight excluding hydrogens is 347 g/mol. The zero-order chi connectivity index (χ0) is 16.8. The molecule has 124 valence electrons. The number of carbonyl (C=O) groups excluding carboxylic acids is 1. The van der Waals surface area contributed by atoms with Crippen molar-refractivity contribution in [3.8, 4) is 5.75 Å². The molecule has 2 aromatic rings. The van der Waals surface area contributed by atoms with Crippen molar-refractivity contribution in [1.82, 2.24) is 0 Å². The van der Waals surface area contributed by atoms with Gasteiger partial charge in [-0.2, -0.15) is 0 Å². The predicted molar refractivity (Wildman–Crippen MR) is 92.8 cm³/mol. The van der Waals surface area contributed by atoms with Gasteiger partial charge >= 0.3 is 0 Å². The van der Waals surface area contributed by atoms with Crippen molar-refractivity contribution >= 4 is 29.0 Å². The number of ether oxygens (including phenoxy) is 1. The topological polar surface area (TPSA) is 46.5 Å². The van der Waals surface area contributed by atoms with Gasteiger partial charge in [-0.05, 0) is 17.7 Å². The molecular formula is C19H16Cl2O3. The van der Waals surface area contributed by atoms with Gasteiger partial charge in [-0.15, -0.1) is 0 Å². The van der Waals surface area contributed by atoms with E-state index in [1.807, 2.05) is 30.3 Å². The number of ketones is 1. The number of aliphatic hydroxyl groups excluding tert-OH is 1. The Kier molecular flexibility index (Phi) is 4.03. The molecule has 0 radical (unpaired) electrons. The van der Waals surface area contributed by atoms with E-state index in [9.17, 15) is 9.90 Å². The van der Waals surface area contributed by atoms with E-state index < -0.39 is 6.29 Å². The van der Waals surface area contributed by atoms with E-state index in [1.54, 1.807) is 12.1 Å².